The first kappa shape index (κ1) is 5.61. The molecule has 0 fully saturated rings. The Balaban J connectivity index is 2.48. The van der Waals surface area contributed by atoms with E-state index in [9.17, 15) is 0 Å². The van der Waals surface area contributed by atoms with Crippen LogP contribution >= 0.6 is 11.3 Å². The van der Waals surface area contributed by atoms with Gasteiger partial charge in [0.1, 0.15) is 11.1 Å². The zero-order valence-electron chi connectivity index (χ0n) is 5.02. The zero-order chi connectivity index (χ0) is 6.81. The first-order chi connectivity index (χ1) is 4.97. The van der Waals surface area contributed by atoms with E-state index in [0.29, 0.717) is 5.89 Å². The topological polar surface area (TPSA) is 38.9 Å². The van der Waals surface area contributed by atoms with Crippen LogP contribution in [0.1, 0.15) is 0 Å². The van der Waals surface area contributed by atoms with Crippen molar-refractivity contribution in [3.8, 4) is 10.8 Å². The Kier molecular flexibility index (Phi) is 1.25. The lowest BCUT2D eigenvalue weighted by atomic mass is 10.6. The van der Waals surface area contributed by atoms with Gasteiger partial charge in [-0.25, -0.2) is 4.98 Å². The molecule has 0 radical (unpaired) electrons. The van der Waals surface area contributed by atoms with E-state index >= 15 is 0 Å². The summed E-state index contributed by atoms with van der Waals surface area (Å²) >= 11 is 1.51. The summed E-state index contributed by atoms with van der Waals surface area (Å²) in [4.78, 5) is 8.82. The Morgan fingerprint density at radius 2 is 2.50 bits per heavy atom. The van der Waals surface area contributed by atoms with E-state index in [0.717, 1.165) is 4.88 Å². The summed E-state index contributed by atoms with van der Waals surface area (Å²) in [5.74, 6) is 0.641. The lowest BCUT2D eigenvalue weighted by Crippen LogP contribution is -1.66. The quantitative estimate of drug-likeness (QED) is 0.625. The van der Waals surface area contributed by atoms with Gasteiger partial charge in [-0.15, -0.1) is 11.3 Å². The van der Waals surface area contributed by atoms with Crippen LogP contribution in [0.15, 0.2) is 28.6 Å². The number of aromatic nitrogens is 2. The van der Waals surface area contributed by atoms with Crippen molar-refractivity contribution in [2.24, 2.45) is 0 Å². The molecule has 10 heavy (non-hydrogen) atoms. The van der Waals surface area contributed by atoms with E-state index in [1.807, 2.05) is 0 Å². The Hall–Kier alpha value is -1.16. The number of rotatable bonds is 1. The lowest BCUT2D eigenvalue weighted by Gasteiger charge is -1.81. The van der Waals surface area contributed by atoms with Crippen molar-refractivity contribution in [1.82, 2.24) is 9.97 Å². The van der Waals surface area contributed by atoms with Crippen molar-refractivity contribution < 1.29 is 4.42 Å². The van der Waals surface area contributed by atoms with Crippen LogP contribution in [0.3, 0.4) is 0 Å². The molecule has 0 atom stereocenters. The number of nitrogens with zero attached hydrogens (tertiary/aromatic N) is 2. The minimum atomic E-state index is 0.641. The highest BCUT2D eigenvalue weighted by Crippen LogP contribution is 2.19. The van der Waals surface area contributed by atoms with E-state index in [2.05, 4.69) is 9.97 Å². The summed E-state index contributed by atoms with van der Waals surface area (Å²) in [5, 5.41) is 0. The first-order valence-corrected chi connectivity index (χ1v) is 3.63. The van der Waals surface area contributed by atoms with Gasteiger partial charge in [0.25, 0.3) is 0 Å². The molecule has 0 aliphatic carbocycles. The highest BCUT2D eigenvalue weighted by atomic mass is 32.1. The van der Waals surface area contributed by atoms with E-state index < -0.39 is 0 Å². The number of oxazole rings is 1. The molecule has 0 unspecified atom stereocenters. The van der Waals surface area contributed by atoms with Crippen LogP contribution < -0.4 is 0 Å². The van der Waals surface area contributed by atoms with Gasteiger partial charge >= 0.3 is 0 Å². The molecule has 2 rings (SSSR count). The van der Waals surface area contributed by atoms with E-state index in [1.165, 1.54) is 11.3 Å². The minimum absolute atomic E-state index is 0.641. The van der Waals surface area contributed by atoms with E-state index in [-0.39, 0.29) is 0 Å². The molecule has 2 aromatic rings. The molecule has 0 N–H and O–H groups in total. The fourth-order valence-electron chi connectivity index (χ4n) is 0.667. The molecule has 0 aromatic carbocycles. The van der Waals surface area contributed by atoms with Crippen molar-refractivity contribution in [2.75, 3.05) is 0 Å². The summed E-state index contributed by atoms with van der Waals surface area (Å²) in [6.45, 7) is 0. The summed E-state index contributed by atoms with van der Waals surface area (Å²) < 4.78 is 5.04. The SMILES string of the molecule is c1coc(-c2cncs2)n1. The number of thiazole rings is 1. The van der Waals surface area contributed by atoms with Gasteiger partial charge < -0.3 is 4.42 Å². The minimum Gasteiger partial charge on any atom is -0.444 e. The number of hydrogen-bond donors (Lipinski definition) is 0. The van der Waals surface area contributed by atoms with Crippen molar-refractivity contribution in [3.63, 3.8) is 0 Å². The molecule has 0 aliphatic rings. The average molecular weight is 152 g/mol. The maximum atomic E-state index is 5.04. The fraction of sp³-hybridized carbons (Fsp3) is 0. The van der Waals surface area contributed by atoms with Gasteiger partial charge in [-0.1, -0.05) is 0 Å². The summed E-state index contributed by atoms with van der Waals surface area (Å²) in [5.41, 5.74) is 1.75. The van der Waals surface area contributed by atoms with Gasteiger partial charge in [0, 0.05) is 0 Å². The van der Waals surface area contributed by atoms with Gasteiger partial charge in [-0.05, 0) is 0 Å². The highest BCUT2D eigenvalue weighted by molar-refractivity contribution is 7.13. The third-order valence-electron chi connectivity index (χ3n) is 1.08. The van der Waals surface area contributed by atoms with Gasteiger partial charge in [-0.3, -0.25) is 4.98 Å². The Morgan fingerprint density at radius 3 is 3.10 bits per heavy atom. The summed E-state index contributed by atoms with van der Waals surface area (Å²) in [6.07, 6.45) is 4.90. The molecule has 0 saturated heterocycles. The van der Waals surface area contributed by atoms with Crippen molar-refractivity contribution in [3.05, 3.63) is 24.2 Å². The third-order valence-corrected chi connectivity index (χ3v) is 1.84. The molecule has 3 nitrogen and oxygen atoms in total. The van der Waals surface area contributed by atoms with Crippen LogP contribution in [0.25, 0.3) is 10.8 Å². The molecule has 2 heterocycles. The predicted octanol–water partition coefficient (Wildman–Crippen LogP) is 1.80. The van der Waals surface area contributed by atoms with Crippen molar-refractivity contribution >= 4 is 11.3 Å². The predicted molar refractivity (Wildman–Crippen MR) is 37.6 cm³/mol. The lowest BCUT2D eigenvalue weighted by molar-refractivity contribution is 0.576. The Bertz CT molecular complexity index is 255. The van der Waals surface area contributed by atoms with Crippen molar-refractivity contribution in [2.45, 2.75) is 0 Å². The molecule has 0 bridgehead atoms. The molecule has 0 aliphatic heterocycles. The fourth-order valence-corrected chi connectivity index (χ4v) is 1.23. The second-order valence-corrected chi connectivity index (χ2v) is 2.59. The van der Waals surface area contributed by atoms with E-state index in [4.69, 9.17) is 4.42 Å². The van der Waals surface area contributed by atoms with Gasteiger partial charge in [0.05, 0.1) is 17.9 Å². The third kappa shape index (κ3) is 0.823. The number of hydrogen-bond acceptors (Lipinski definition) is 4. The highest BCUT2D eigenvalue weighted by Gasteiger charge is 2.01. The largest absolute Gasteiger partial charge is 0.444 e. The smallest absolute Gasteiger partial charge is 0.237 e. The molecule has 0 spiro atoms. The molecule has 4 heteroatoms. The van der Waals surface area contributed by atoms with Crippen LogP contribution in [0.2, 0.25) is 0 Å². The second kappa shape index (κ2) is 2.22. The molecule has 0 amide bonds. The van der Waals surface area contributed by atoms with Crippen LogP contribution in [-0.4, -0.2) is 9.97 Å². The molecular formula is C6H4N2OS. The molecular weight excluding hydrogens is 148 g/mol. The van der Waals surface area contributed by atoms with Gasteiger partial charge in [0.2, 0.25) is 5.89 Å². The molecule has 0 saturated carbocycles. The van der Waals surface area contributed by atoms with Crippen LogP contribution in [0.5, 0.6) is 0 Å². The zero-order valence-corrected chi connectivity index (χ0v) is 5.84. The van der Waals surface area contributed by atoms with Gasteiger partial charge in [0.15, 0.2) is 0 Å². The summed E-state index contributed by atoms with van der Waals surface area (Å²) in [7, 11) is 0. The Labute approximate surface area is 61.4 Å². The van der Waals surface area contributed by atoms with Gasteiger partial charge in [-0.2, -0.15) is 0 Å². The monoisotopic (exact) mass is 152 g/mol. The standard InChI is InChI=1S/C6H4N2OS/c1-2-9-6(8-1)5-3-7-4-10-5/h1-4H. The van der Waals surface area contributed by atoms with Crippen LogP contribution in [0, 0.1) is 0 Å². The normalized spacial score (nSPS) is 10.0. The van der Waals surface area contributed by atoms with E-state index in [1.54, 1.807) is 24.2 Å². The summed E-state index contributed by atoms with van der Waals surface area (Å²) in [6, 6.07) is 0. The maximum absolute atomic E-state index is 5.04. The maximum Gasteiger partial charge on any atom is 0.237 e. The molecule has 2 aromatic heterocycles. The van der Waals surface area contributed by atoms with Crippen LogP contribution in [0.4, 0.5) is 0 Å². The van der Waals surface area contributed by atoms with Crippen molar-refractivity contribution in [1.29, 1.82) is 0 Å². The average Bonchev–Trinajstić information content (AvgIpc) is 2.59. The van der Waals surface area contributed by atoms with Crippen LogP contribution in [-0.2, 0) is 0 Å². The Morgan fingerprint density at radius 1 is 1.50 bits per heavy atom. The first-order valence-electron chi connectivity index (χ1n) is 2.75. The second-order valence-electron chi connectivity index (χ2n) is 1.70. The molecule has 50 valence electrons.